The summed E-state index contributed by atoms with van der Waals surface area (Å²) in [4.78, 5) is 25.0. The van der Waals surface area contributed by atoms with Gasteiger partial charge in [-0.15, -0.1) is 0 Å². The fourth-order valence-corrected chi connectivity index (χ4v) is 1.53. The molecule has 0 amide bonds. The topological polar surface area (TPSA) is 115 Å². The summed E-state index contributed by atoms with van der Waals surface area (Å²) in [5, 5.41) is 0. The van der Waals surface area contributed by atoms with Crippen LogP contribution in [0.4, 0.5) is 0 Å². The molecular formula is C16H15NO6S. The number of aromatic amines is 1. The van der Waals surface area contributed by atoms with Gasteiger partial charge in [-0.2, -0.15) is 0 Å². The Kier molecular flexibility index (Phi) is 7.47. The van der Waals surface area contributed by atoms with E-state index in [0.717, 1.165) is 0 Å². The molecule has 0 fully saturated rings. The molecule has 1 N–H and O–H groups in total. The predicted molar refractivity (Wildman–Crippen MR) is 85.1 cm³/mol. The maximum Gasteiger partial charge on any atom is 0.409 e. The zero-order chi connectivity index (χ0) is 18.0. The van der Waals surface area contributed by atoms with E-state index < -0.39 is 16.1 Å². The maximum atomic E-state index is 11.9. The average Bonchev–Trinajstić information content (AvgIpc) is 2.53. The Morgan fingerprint density at radius 3 is 2.38 bits per heavy atom. The second-order valence-corrected chi connectivity index (χ2v) is 5.81. The van der Waals surface area contributed by atoms with Crippen LogP contribution in [0.3, 0.4) is 0 Å². The molecule has 2 rings (SSSR count). The molecule has 0 spiro atoms. The molecule has 0 radical (unpaired) electrons. The van der Waals surface area contributed by atoms with Gasteiger partial charge < -0.3 is 9.29 Å². The first-order valence-electron chi connectivity index (χ1n) is 6.62. The Bertz CT molecular complexity index is 807. The van der Waals surface area contributed by atoms with Gasteiger partial charge in [0.05, 0.1) is 10.1 Å². The normalized spacial score (nSPS) is 10.6. The molecule has 24 heavy (non-hydrogen) atoms. The molecule has 1 aromatic heterocycles. The van der Waals surface area contributed by atoms with Crippen LogP contribution in [-0.2, 0) is 14.9 Å². The van der Waals surface area contributed by atoms with E-state index in [2.05, 4.69) is 4.98 Å². The number of nitrogens with one attached hydrogen (secondary N) is 1. The first-order chi connectivity index (χ1) is 11.3. The van der Waals surface area contributed by atoms with Crippen LogP contribution in [0.1, 0.15) is 16.1 Å². The highest BCUT2D eigenvalue weighted by Crippen LogP contribution is 2.20. The minimum atomic E-state index is -3.92. The van der Waals surface area contributed by atoms with Gasteiger partial charge in [-0.1, -0.05) is 18.2 Å². The number of hydrogen-bond acceptors (Lipinski definition) is 6. The highest BCUT2D eigenvalue weighted by atomic mass is 32.2. The molecule has 0 bridgehead atoms. The van der Waals surface area contributed by atoms with Gasteiger partial charge in [-0.3, -0.25) is 4.79 Å². The molecule has 0 saturated heterocycles. The maximum absolute atomic E-state index is 11.9. The van der Waals surface area contributed by atoms with Crippen molar-refractivity contribution >= 4 is 28.4 Å². The fourth-order valence-electron chi connectivity index (χ4n) is 1.53. The lowest BCUT2D eigenvalue weighted by Gasteiger charge is -2.04. The first-order valence-corrected chi connectivity index (χ1v) is 8.43. The molecular weight excluding hydrogens is 334 g/mol. The van der Waals surface area contributed by atoms with Crippen molar-refractivity contribution in [2.75, 3.05) is 6.26 Å². The Balaban J connectivity index is 0.000000505. The number of hydrogen-bond donors (Lipinski definition) is 0. The summed E-state index contributed by atoms with van der Waals surface area (Å²) < 4.78 is 32.5. The van der Waals surface area contributed by atoms with Crippen molar-refractivity contribution in [3.05, 3.63) is 66.0 Å². The quantitative estimate of drug-likeness (QED) is 0.268. The minimum absolute atomic E-state index is 0.358. The highest BCUT2D eigenvalue weighted by molar-refractivity contribution is 7.84. The molecule has 7 nitrogen and oxygen atoms in total. The molecule has 126 valence electrons. The summed E-state index contributed by atoms with van der Waals surface area (Å²) in [5.74, 6) is -0.0737. The largest absolute Gasteiger partial charge is 0.748 e. The lowest BCUT2D eigenvalue weighted by molar-refractivity contribution is -0.383. The molecule has 1 heterocycles. The van der Waals surface area contributed by atoms with Crippen molar-refractivity contribution in [3.63, 3.8) is 0 Å². The molecule has 0 saturated carbocycles. The highest BCUT2D eigenvalue weighted by Gasteiger charge is 2.15. The van der Waals surface area contributed by atoms with Crippen molar-refractivity contribution in [1.82, 2.24) is 0 Å². The summed E-state index contributed by atoms with van der Waals surface area (Å²) in [6.45, 7) is 0. The van der Waals surface area contributed by atoms with Gasteiger partial charge in [-0.05, 0) is 24.3 Å². The second-order valence-electron chi connectivity index (χ2n) is 4.40. The summed E-state index contributed by atoms with van der Waals surface area (Å²) in [6.07, 6.45) is 5.86. The van der Waals surface area contributed by atoms with Crippen LogP contribution in [0.2, 0.25) is 0 Å². The standard InChI is InChI=1S/C15H11NO3.CH4O3S/c17-11-5-7-12-6-1-2-9-14(12)19-15(18)13-8-3-4-10-16-13;1-5(2,3)4/h1-11H;1H3,(H,2,3,4)/b7-5+;. The number of pyridine rings is 1. The number of ether oxygens (including phenoxy) is 1. The average molecular weight is 349 g/mol. The number of esters is 1. The number of carbonyl (C=O) groups is 2. The summed E-state index contributed by atoms with van der Waals surface area (Å²) in [6, 6.07) is 12.1. The van der Waals surface area contributed by atoms with Crippen molar-refractivity contribution in [2.24, 2.45) is 0 Å². The van der Waals surface area contributed by atoms with Crippen LogP contribution < -0.4 is 9.72 Å². The predicted octanol–water partition coefficient (Wildman–Crippen LogP) is 1.09. The van der Waals surface area contributed by atoms with E-state index in [4.69, 9.17) is 17.7 Å². The fraction of sp³-hybridized carbons (Fsp3) is 0.0625. The number of aromatic nitrogens is 1. The van der Waals surface area contributed by atoms with Crippen LogP contribution in [0.25, 0.3) is 6.08 Å². The van der Waals surface area contributed by atoms with E-state index in [0.29, 0.717) is 29.5 Å². The molecule has 0 aliphatic heterocycles. The van der Waals surface area contributed by atoms with Gasteiger partial charge in [0.2, 0.25) is 0 Å². The molecule has 2 aromatic rings. The van der Waals surface area contributed by atoms with Crippen LogP contribution in [0.15, 0.2) is 54.7 Å². The number of para-hydroxylation sites is 1. The summed E-state index contributed by atoms with van der Waals surface area (Å²) >= 11 is 0. The van der Waals surface area contributed by atoms with Gasteiger partial charge in [0.15, 0.2) is 6.20 Å². The third-order valence-electron chi connectivity index (χ3n) is 2.40. The van der Waals surface area contributed by atoms with Gasteiger partial charge >= 0.3 is 5.97 Å². The Morgan fingerprint density at radius 1 is 1.17 bits per heavy atom. The van der Waals surface area contributed by atoms with Gasteiger partial charge in [-0.25, -0.2) is 18.2 Å². The zero-order valence-corrected chi connectivity index (χ0v) is 13.5. The monoisotopic (exact) mass is 349 g/mol. The molecule has 0 unspecified atom stereocenters. The van der Waals surface area contributed by atoms with Crippen molar-refractivity contribution < 1.29 is 32.3 Å². The molecule has 1 aromatic carbocycles. The van der Waals surface area contributed by atoms with E-state index in [1.54, 1.807) is 54.7 Å². The zero-order valence-electron chi connectivity index (χ0n) is 12.7. The van der Waals surface area contributed by atoms with Crippen molar-refractivity contribution in [1.29, 1.82) is 0 Å². The van der Waals surface area contributed by atoms with Crippen LogP contribution in [-0.4, -0.2) is 31.5 Å². The number of rotatable bonds is 4. The van der Waals surface area contributed by atoms with Gasteiger partial charge in [0.25, 0.3) is 5.69 Å². The number of benzene rings is 1. The molecule has 8 heteroatoms. The van der Waals surface area contributed by atoms with Crippen molar-refractivity contribution in [2.45, 2.75) is 0 Å². The lowest BCUT2D eigenvalue weighted by Crippen LogP contribution is -2.20. The number of H-pyrrole nitrogens is 1. The number of carbonyl (C=O) groups excluding carboxylic acids is 2. The third-order valence-corrected chi connectivity index (χ3v) is 2.40. The Labute approximate surface area is 139 Å². The molecule has 0 aliphatic carbocycles. The van der Waals surface area contributed by atoms with E-state index >= 15 is 0 Å². The molecule has 0 atom stereocenters. The first kappa shape index (κ1) is 19.2. The second kappa shape index (κ2) is 9.33. The van der Waals surface area contributed by atoms with Crippen LogP contribution in [0, 0.1) is 0 Å². The number of aldehydes is 1. The third kappa shape index (κ3) is 7.97. The van der Waals surface area contributed by atoms with Gasteiger partial charge in [0.1, 0.15) is 12.0 Å². The van der Waals surface area contributed by atoms with E-state index in [1.165, 1.54) is 6.08 Å². The van der Waals surface area contributed by atoms with E-state index in [-0.39, 0.29) is 0 Å². The summed E-state index contributed by atoms with van der Waals surface area (Å²) in [7, 11) is -3.92. The van der Waals surface area contributed by atoms with Crippen molar-refractivity contribution in [3.8, 4) is 5.75 Å². The Morgan fingerprint density at radius 2 is 1.79 bits per heavy atom. The molecule has 0 aliphatic rings. The van der Waals surface area contributed by atoms with Crippen LogP contribution >= 0.6 is 0 Å². The summed E-state index contributed by atoms with van der Waals surface area (Å²) in [5.41, 5.74) is 1.02. The lowest BCUT2D eigenvalue weighted by atomic mass is 10.2. The Hall–Kier alpha value is -2.84. The SMILES string of the molecule is CS(=O)(=O)[O-].O=C/C=C/c1ccccc1OC(=O)c1cccc[nH+]1. The van der Waals surface area contributed by atoms with Gasteiger partial charge in [0, 0.05) is 24.0 Å². The number of allylic oxidation sites excluding steroid dienone is 1. The van der Waals surface area contributed by atoms with Crippen LogP contribution in [0.5, 0.6) is 5.75 Å². The van der Waals surface area contributed by atoms with E-state index in [9.17, 15) is 9.59 Å². The smallest absolute Gasteiger partial charge is 0.409 e. The minimum Gasteiger partial charge on any atom is -0.748 e. The van der Waals surface area contributed by atoms with E-state index in [1.807, 2.05) is 0 Å².